The molecule has 1 fully saturated rings. The third-order valence-electron chi connectivity index (χ3n) is 5.66. The van der Waals surface area contributed by atoms with E-state index in [4.69, 9.17) is 9.50 Å². The molecule has 0 N–H and O–H groups in total. The van der Waals surface area contributed by atoms with E-state index in [1.54, 1.807) is 12.1 Å². The Labute approximate surface area is 177 Å². The highest BCUT2D eigenvalue weighted by atomic mass is 31.2. The van der Waals surface area contributed by atoms with Gasteiger partial charge in [-0.3, -0.25) is 4.57 Å². The Morgan fingerprint density at radius 3 is 1.67 bits per heavy atom. The predicted octanol–water partition coefficient (Wildman–Crippen LogP) is 6.20. The lowest BCUT2D eigenvalue weighted by Crippen LogP contribution is -2.17. The van der Waals surface area contributed by atoms with Gasteiger partial charge in [0.1, 0.15) is 0 Å². The molecule has 3 aromatic carbocycles. The third kappa shape index (κ3) is 3.88. The molecular weight excluding hydrogens is 393 g/mol. The van der Waals surface area contributed by atoms with Crippen molar-refractivity contribution in [3.63, 3.8) is 0 Å². The Balaban J connectivity index is 1.89. The van der Waals surface area contributed by atoms with Gasteiger partial charge in [0, 0.05) is 5.56 Å². The number of hydrogen-bond acceptors (Lipinski definition) is 3. The maximum Gasteiger partial charge on any atom is 0.357 e. The number of rotatable bonds is 5. The minimum Gasteiger partial charge on any atom is -0.464 e. The zero-order chi connectivity index (χ0) is 21.0. The number of benzene rings is 3. The van der Waals surface area contributed by atoms with Crippen LogP contribution in [0.15, 0.2) is 95.8 Å². The molecule has 4 nitrogen and oxygen atoms in total. The highest BCUT2D eigenvalue weighted by Gasteiger charge is 2.48. The summed E-state index contributed by atoms with van der Waals surface area (Å²) in [6.45, 7) is 0. The molecule has 4 rings (SSSR count). The van der Waals surface area contributed by atoms with Gasteiger partial charge < -0.3 is 4.74 Å². The quantitative estimate of drug-likeness (QED) is 0.282. The zero-order valence-electron chi connectivity index (χ0n) is 16.8. The third-order valence-corrected chi connectivity index (χ3v) is 9.07. The van der Waals surface area contributed by atoms with Gasteiger partial charge in [-0.25, -0.2) is 9.56 Å². The summed E-state index contributed by atoms with van der Waals surface area (Å²) in [6.07, 6.45) is 1.52. The van der Waals surface area contributed by atoms with E-state index in [2.05, 4.69) is 0 Å². The van der Waals surface area contributed by atoms with Crippen LogP contribution in [-0.4, -0.2) is 18.8 Å². The first-order valence-electron chi connectivity index (χ1n) is 10.1. The molecule has 2 atom stereocenters. The first-order valence-corrected chi connectivity index (χ1v) is 11.9. The lowest BCUT2D eigenvalue weighted by molar-refractivity contribution is -0.132. The zero-order valence-corrected chi connectivity index (χ0v) is 17.7. The van der Waals surface area contributed by atoms with Crippen LogP contribution in [0.1, 0.15) is 40.8 Å². The number of methoxy groups -OCH3 is 1. The molecule has 0 spiro atoms. The average Bonchev–Trinajstić information content (AvgIpc) is 3.15. The van der Waals surface area contributed by atoms with Crippen LogP contribution in [0.2, 0.25) is 0 Å². The largest absolute Gasteiger partial charge is 0.464 e. The van der Waals surface area contributed by atoms with E-state index in [-0.39, 0.29) is 17.0 Å². The van der Waals surface area contributed by atoms with E-state index in [0.717, 1.165) is 24.0 Å². The van der Waals surface area contributed by atoms with E-state index >= 15 is 0 Å². The van der Waals surface area contributed by atoms with Crippen LogP contribution in [0, 0.1) is 0 Å². The first-order chi connectivity index (χ1) is 14.6. The molecule has 152 valence electrons. The molecular formula is C25H24NO3P. The van der Waals surface area contributed by atoms with Crippen molar-refractivity contribution in [2.75, 3.05) is 7.11 Å². The summed E-state index contributed by atoms with van der Waals surface area (Å²) in [5.41, 5.74) is 2.29. The summed E-state index contributed by atoms with van der Waals surface area (Å²) in [4.78, 5) is 12.7. The van der Waals surface area contributed by atoms with Gasteiger partial charge >= 0.3 is 5.97 Å². The predicted molar refractivity (Wildman–Crippen MR) is 120 cm³/mol. The van der Waals surface area contributed by atoms with E-state index in [1.807, 2.05) is 78.9 Å². The molecule has 5 heteroatoms. The Morgan fingerprint density at radius 2 is 1.23 bits per heavy atom. The minimum absolute atomic E-state index is 0.130. The van der Waals surface area contributed by atoms with Crippen molar-refractivity contribution in [3.05, 3.63) is 108 Å². The molecule has 1 aliphatic rings. The monoisotopic (exact) mass is 417 g/mol. The van der Waals surface area contributed by atoms with E-state index in [1.165, 1.54) is 7.11 Å². The number of ether oxygens (including phenoxy) is 1. The topological polar surface area (TPSA) is 55.7 Å². The average molecular weight is 417 g/mol. The van der Waals surface area contributed by atoms with Gasteiger partial charge in [-0.15, -0.1) is 0 Å². The second-order valence-electron chi connectivity index (χ2n) is 7.41. The van der Waals surface area contributed by atoms with Crippen molar-refractivity contribution in [3.8, 4) is 0 Å². The molecule has 1 saturated heterocycles. The summed E-state index contributed by atoms with van der Waals surface area (Å²) in [7, 11) is -1.91. The summed E-state index contributed by atoms with van der Waals surface area (Å²) in [6, 6.07) is 28.9. The molecule has 0 amide bonds. The Kier molecular flexibility index (Phi) is 5.96. The van der Waals surface area contributed by atoms with E-state index in [0.29, 0.717) is 5.56 Å². The fourth-order valence-corrected chi connectivity index (χ4v) is 7.68. The number of carbonyl (C=O) groups excluding carboxylic acids is 1. The van der Waals surface area contributed by atoms with Gasteiger partial charge in [-0.05, 0) is 24.0 Å². The molecule has 0 bridgehead atoms. The molecule has 3 aromatic rings. The van der Waals surface area contributed by atoms with Crippen molar-refractivity contribution >= 4 is 19.0 Å². The molecule has 1 heterocycles. The number of hydrogen-bond donors (Lipinski definition) is 0. The van der Waals surface area contributed by atoms with Crippen LogP contribution in [0.3, 0.4) is 0 Å². The Morgan fingerprint density at radius 1 is 0.800 bits per heavy atom. The second kappa shape index (κ2) is 8.81. The summed E-state index contributed by atoms with van der Waals surface area (Å²) < 4.78 is 24.5. The van der Waals surface area contributed by atoms with Gasteiger partial charge in [0.05, 0.1) is 18.4 Å². The maximum atomic E-state index is 14.7. The Hall–Kier alpha value is -2.97. The van der Waals surface area contributed by atoms with Crippen LogP contribution in [0.4, 0.5) is 0 Å². The van der Waals surface area contributed by atoms with Crippen molar-refractivity contribution in [1.29, 1.82) is 0 Å². The van der Waals surface area contributed by atoms with Crippen LogP contribution >= 0.6 is 7.29 Å². The summed E-state index contributed by atoms with van der Waals surface area (Å²) in [5.74, 6) is -0.568. The first kappa shape index (κ1) is 20.3. The Bertz CT molecular complexity index is 1030. The van der Waals surface area contributed by atoms with Crippen LogP contribution in [0.5, 0.6) is 0 Å². The lowest BCUT2D eigenvalue weighted by atomic mass is 10.0. The highest BCUT2D eigenvalue weighted by Crippen LogP contribution is 2.77. The molecule has 30 heavy (non-hydrogen) atoms. The molecule has 0 radical (unpaired) electrons. The van der Waals surface area contributed by atoms with Crippen molar-refractivity contribution in [2.45, 2.75) is 24.2 Å². The fraction of sp³-hybridized carbons (Fsp3) is 0.200. The van der Waals surface area contributed by atoms with Crippen LogP contribution in [-0.2, 0) is 14.1 Å². The number of nitrogens with zero attached hydrogens (tertiary/aromatic N) is 1. The van der Waals surface area contributed by atoms with Gasteiger partial charge in [0.25, 0.3) is 0 Å². The van der Waals surface area contributed by atoms with Crippen molar-refractivity contribution in [1.82, 2.24) is 0 Å². The summed E-state index contributed by atoms with van der Waals surface area (Å²) in [5, 5.41) is 0. The van der Waals surface area contributed by atoms with E-state index < -0.39 is 13.3 Å². The summed E-state index contributed by atoms with van der Waals surface area (Å²) >= 11 is 0. The van der Waals surface area contributed by atoms with Gasteiger partial charge in [0.15, 0.2) is 5.71 Å². The van der Waals surface area contributed by atoms with Gasteiger partial charge in [-0.2, -0.15) is 0 Å². The van der Waals surface area contributed by atoms with E-state index in [9.17, 15) is 9.36 Å². The maximum absolute atomic E-state index is 14.7. The normalized spacial score (nSPS) is 20.6. The second-order valence-corrected chi connectivity index (χ2v) is 10.2. The SMILES string of the molecule is COC(=O)/C(=N\P1(=O)[C@H](c2ccccc2)CC[C@H]1c1ccccc1)c1ccccc1. The molecule has 1 aliphatic heterocycles. The highest BCUT2D eigenvalue weighted by molar-refractivity contribution is 7.64. The molecule has 0 unspecified atom stereocenters. The van der Waals surface area contributed by atoms with Crippen molar-refractivity contribution in [2.24, 2.45) is 4.76 Å². The standard InChI is InChI=1S/C25H24NO3P/c1-29-25(27)24(21-15-9-4-10-16-21)26-30(28)22(19-11-5-2-6-12-19)17-18-23(30)20-13-7-3-8-14-20/h2-16,22-23H,17-18H2,1H3/b26-24-/t22-,23-/m0/s1. The molecule has 0 aromatic heterocycles. The van der Waals surface area contributed by atoms with Gasteiger partial charge in [-0.1, -0.05) is 91.0 Å². The van der Waals surface area contributed by atoms with Crippen molar-refractivity contribution < 1.29 is 14.1 Å². The minimum atomic E-state index is -3.24. The number of carbonyl (C=O) groups is 1. The molecule has 0 saturated carbocycles. The van der Waals surface area contributed by atoms with Gasteiger partial charge in [0.2, 0.25) is 7.29 Å². The fourth-order valence-electron chi connectivity index (χ4n) is 4.22. The van der Waals surface area contributed by atoms with Crippen LogP contribution in [0.25, 0.3) is 0 Å². The molecule has 0 aliphatic carbocycles. The lowest BCUT2D eigenvalue weighted by Gasteiger charge is -2.24. The van der Waals surface area contributed by atoms with Crippen LogP contribution < -0.4 is 0 Å². The number of esters is 1. The smallest absolute Gasteiger partial charge is 0.357 e.